The van der Waals surface area contributed by atoms with Gasteiger partial charge in [0.25, 0.3) is 5.91 Å². The van der Waals surface area contributed by atoms with Crippen LogP contribution in [0.15, 0.2) is 36.5 Å². The van der Waals surface area contributed by atoms with E-state index in [2.05, 4.69) is 15.3 Å². The zero-order chi connectivity index (χ0) is 15.0. The smallest absolute Gasteiger partial charge is 0.261 e. The Balaban J connectivity index is 1.94. The number of fused-ring (bicyclic) bond motifs is 1. The van der Waals surface area contributed by atoms with Crippen molar-refractivity contribution >= 4 is 23.0 Å². The van der Waals surface area contributed by atoms with Crippen LogP contribution < -0.4 is 5.32 Å². The molecule has 2 N–H and O–H groups in total. The van der Waals surface area contributed by atoms with E-state index in [0.29, 0.717) is 17.1 Å². The van der Waals surface area contributed by atoms with Crippen molar-refractivity contribution in [1.29, 1.82) is 0 Å². The summed E-state index contributed by atoms with van der Waals surface area (Å²) in [5.41, 5.74) is 2.47. The molecule has 0 aliphatic heterocycles. The Bertz CT molecular complexity index is 839. The van der Waals surface area contributed by atoms with E-state index in [1.807, 2.05) is 13.0 Å². The number of amides is 1. The third-order valence-electron chi connectivity index (χ3n) is 3.25. The summed E-state index contributed by atoms with van der Waals surface area (Å²) in [7, 11) is 1.77. The average molecular weight is 282 g/mol. The summed E-state index contributed by atoms with van der Waals surface area (Å²) >= 11 is 0. The van der Waals surface area contributed by atoms with Crippen LogP contribution >= 0.6 is 0 Å². The number of nitrogens with zero attached hydrogens (tertiary/aromatic N) is 3. The first-order valence-corrected chi connectivity index (χ1v) is 6.44. The summed E-state index contributed by atoms with van der Waals surface area (Å²) in [6.07, 6.45) is 1.67. The first-order valence-electron chi connectivity index (χ1n) is 6.44. The lowest BCUT2D eigenvalue weighted by Gasteiger charge is -2.07. The first kappa shape index (κ1) is 13.1. The van der Waals surface area contributed by atoms with E-state index in [9.17, 15) is 9.90 Å². The van der Waals surface area contributed by atoms with Crippen molar-refractivity contribution in [1.82, 2.24) is 14.5 Å². The van der Waals surface area contributed by atoms with Gasteiger partial charge in [0, 0.05) is 13.2 Å². The minimum Gasteiger partial charge on any atom is -0.507 e. The Morgan fingerprint density at radius 3 is 2.86 bits per heavy atom. The summed E-state index contributed by atoms with van der Waals surface area (Å²) < 4.78 is 1.69. The summed E-state index contributed by atoms with van der Waals surface area (Å²) in [5, 5.41) is 12.5. The van der Waals surface area contributed by atoms with Crippen LogP contribution in [0.1, 0.15) is 15.9 Å². The van der Waals surface area contributed by atoms with Crippen molar-refractivity contribution in [2.75, 3.05) is 5.32 Å². The quantitative estimate of drug-likeness (QED) is 0.755. The molecule has 106 valence electrons. The van der Waals surface area contributed by atoms with Crippen LogP contribution in [0, 0.1) is 6.92 Å². The highest BCUT2D eigenvalue weighted by Crippen LogP contribution is 2.21. The van der Waals surface area contributed by atoms with Gasteiger partial charge in [-0.3, -0.25) is 14.7 Å². The van der Waals surface area contributed by atoms with E-state index < -0.39 is 5.91 Å². The number of carbonyl (C=O) groups excluding carboxylic acids is 1. The van der Waals surface area contributed by atoms with Crippen LogP contribution in [-0.2, 0) is 7.05 Å². The normalized spacial score (nSPS) is 10.8. The summed E-state index contributed by atoms with van der Waals surface area (Å²) in [6, 6.07) is 8.51. The molecule has 2 heterocycles. The van der Waals surface area contributed by atoms with E-state index in [4.69, 9.17) is 0 Å². The number of benzene rings is 1. The van der Waals surface area contributed by atoms with Crippen LogP contribution in [-0.4, -0.2) is 25.5 Å². The number of aryl methyl sites for hydroxylation is 2. The van der Waals surface area contributed by atoms with Crippen LogP contribution in [0.2, 0.25) is 0 Å². The maximum absolute atomic E-state index is 12.2. The molecule has 6 heteroatoms. The fraction of sp³-hybridized carbons (Fsp3) is 0.133. The maximum atomic E-state index is 12.2. The number of anilines is 1. The van der Waals surface area contributed by atoms with Crippen LogP contribution in [0.4, 0.5) is 5.95 Å². The highest BCUT2D eigenvalue weighted by atomic mass is 16.3. The minimum absolute atomic E-state index is 0.0515. The maximum Gasteiger partial charge on any atom is 0.261 e. The van der Waals surface area contributed by atoms with Gasteiger partial charge in [-0.15, -0.1) is 0 Å². The summed E-state index contributed by atoms with van der Waals surface area (Å²) in [6.45, 7) is 1.85. The Hall–Kier alpha value is -2.89. The number of rotatable bonds is 2. The molecule has 3 aromatic rings. The standard InChI is InChI=1S/C15H14N4O2/c1-9-5-6-10(12(20)8-9)14(21)18-15-17-11-4-3-7-16-13(11)19(15)2/h3-8,20H,1-2H3,(H,17,18,21). The first-order chi connectivity index (χ1) is 10.1. The van der Waals surface area contributed by atoms with Gasteiger partial charge in [0.1, 0.15) is 11.3 Å². The lowest BCUT2D eigenvalue weighted by molar-refractivity contribution is 0.102. The van der Waals surface area contributed by atoms with E-state index in [-0.39, 0.29) is 11.3 Å². The van der Waals surface area contributed by atoms with Gasteiger partial charge in [-0.05, 0) is 36.8 Å². The number of imidazole rings is 1. The Morgan fingerprint density at radius 2 is 2.14 bits per heavy atom. The van der Waals surface area contributed by atoms with Crippen LogP contribution in [0.3, 0.4) is 0 Å². The molecule has 6 nitrogen and oxygen atoms in total. The fourth-order valence-corrected chi connectivity index (χ4v) is 2.14. The molecule has 0 spiro atoms. The number of nitrogens with one attached hydrogen (secondary N) is 1. The number of hydrogen-bond donors (Lipinski definition) is 2. The van der Waals surface area contributed by atoms with E-state index in [0.717, 1.165) is 5.56 Å². The van der Waals surface area contributed by atoms with Gasteiger partial charge >= 0.3 is 0 Å². The lowest BCUT2D eigenvalue weighted by Crippen LogP contribution is -2.15. The zero-order valence-corrected chi connectivity index (χ0v) is 11.7. The predicted octanol–water partition coefficient (Wildman–Crippen LogP) is 2.23. The number of phenolic OH excluding ortho intramolecular Hbond substituents is 1. The molecule has 0 bridgehead atoms. The topological polar surface area (TPSA) is 80.0 Å². The highest BCUT2D eigenvalue weighted by molar-refractivity contribution is 6.05. The molecule has 1 amide bonds. The van der Waals surface area contributed by atoms with Crippen molar-refractivity contribution in [3.63, 3.8) is 0 Å². The minimum atomic E-state index is -0.411. The molecule has 0 atom stereocenters. The van der Waals surface area contributed by atoms with Crippen molar-refractivity contribution < 1.29 is 9.90 Å². The van der Waals surface area contributed by atoms with Gasteiger partial charge in [-0.2, -0.15) is 0 Å². The van der Waals surface area contributed by atoms with Crippen LogP contribution in [0.25, 0.3) is 11.2 Å². The molecule has 21 heavy (non-hydrogen) atoms. The number of pyridine rings is 1. The van der Waals surface area contributed by atoms with Crippen molar-refractivity contribution in [2.45, 2.75) is 6.92 Å². The number of phenols is 1. The molecule has 3 rings (SSSR count). The van der Waals surface area contributed by atoms with Gasteiger partial charge in [-0.25, -0.2) is 9.97 Å². The molecule has 0 aliphatic rings. The molecule has 0 fully saturated rings. The van der Waals surface area contributed by atoms with Crippen molar-refractivity contribution in [2.24, 2.45) is 7.05 Å². The molecule has 0 unspecified atom stereocenters. The van der Waals surface area contributed by atoms with Gasteiger partial charge in [0.05, 0.1) is 5.56 Å². The van der Waals surface area contributed by atoms with Gasteiger partial charge < -0.3 is 5.11 Å². The van der Waals surface area contributed by atoms with Crippen molar-refractivity contribution in [3.8, 4) is 5.75 Å². The SMILES string of the molecule is Cc1ccc(C(=O)Nc2nc3cccnc3n2C)c(O)c1. The Labute approximate surface area is 121 Å². The molecular formula is C15H14N4O2. The summed E-state index contributed by atoms with van der Waals surface area (Å²) in [5.74, 6) is -0.0797. The monoisotopic (exact) mass is 282 g/mol. The Kier molecular flexibility index (Phi) is 3.06. The largest absolute Gasteiger partial charge is 0.507 e. The second-order valence-electron chi connectivity index (χ2n) is 4.82. The van der Waals surface area contributed by atoms with E-state index >= 15 is 0 Å². The highest BCUT2D eigenvalue weighted by Gasteiger charge is 2.15. The van der Waals surface area contributed by atoms with Gasteiger partial charge in [-0.1, -0.05) is 6.07 Å². The number of aromatic nitrogens is 3. The molecular weight excluding hydrogens is 268 g/mol. The number of carbonyl (C=O) groups is 1. The molecule has 1 aromatic carbocycles. The van der Waals surface area contributed by atoms with Crippen LogP contribution in [0.5, 0.6) is 5.75 Å². The third kappa shape index (κ3) is 2.31. The van der Waals surface area contributed by atoms with E-state index in [1.165, 1.54) is 0 Å². The average Bonchev–Trinajstić information content (AvgIpc) is 2.76. The third-order valence-corrected chi connectivity index (χ3v) is 3.25. The van der Waals surface area contributed by atoms with Gasteiger partial charge in [0.2, 0.25) is 5.95 Å². The number of hydrogen-bond acceptors (Lipinski definition) is 4. The second-order valence-corrected chi connectivity index (χ2v) is 4.82. The molecule has 2 aromatic heterocycles. The Morgan fingerprint density at radius 1 is 1.33 bits per heavy atom. The summed E-state index contributed by atoms with van der Waals surface area (Å²) in [4.78, 5) is 20.8. The predicted molar refractivity (Wildman–Crippen MR) is 79.3 cm³/mol. The van der Waals surface area contributed by atoms with Crippen molar-refractivity contribution in [3.05, 3.63) is 47.7 Å². The second kappa shape index (κ2) is 4.90. The van der Waals surface area contributed by atoms with Gasteiger partial charge in [0.15, 0.2) is 5.65 Å². The fourth-order valence-electron chi connectivity index (χ4n) is 2.14. The molecule has 0 aliphatic carbocycles. The lowest BCUT2D eigenvalue weighted by atomic mass is 10.1. The molecule has 0 saturated carbocycles. The molecule has 0 saturated heterocycles. The number of aromatic hydroxyl groups is 1. The zero-order valence-electron chi connectivity index (χ0n) is 11.7. The van der Waals surface area contributed by atoms with E-state index in [1.54, 1.807) is 42.1 Å². The molecule has 0 radical (unpaired) electrons.